The lowest BCUT2D eigenvalue weighted by molar-refractivity contribution is -0.402. The summed E-state index contributed by atoms with van der Waals surface area (Å²) in [5.74, 6) is -1.94. The van der Waals surface area contributed by atoms with Crippen LogP contribution in [-0.4, -0.2) is 23.4 Å². The molecule has 0 saturated carbocycles. The van der Waals surface area contributed by atoms with Crippen molar-refractivity contribution in [2.75, 3.05) is 6.61 Å². The average Bonchev–Trinajstić information content (AvgIpc) is 3.10. The molecule has 138 valence electrons. The molecule has 1 heterocycles. The zero-order valence-electron chi connectivity index (χ0n) is 14.5. The third kappa shape index (κ3) is 5.44. The number of rotatable bonds is 8. The summed E-state index contributed by atoms with van der Waals surface area (Å²) < 4.78 is 9.59. The smallest absolute Gasteiger partial charge is 0.433 e. The van der Waals surface area contributed by atoms with E-state index in [9.17, 15) is 19.7 Å². The van der Waals surface area contributed by atoms with Crippen molar-refractivity contribution in [3.8, 4) is 0 Å². The molecule has 0 saturated heterocycles. The van der Waals surface area contributed by atoms with E-state index in [1.165, 1.54) is 0 Å². The van der Waals surface area contributed by atoms with Gasteiger partial charge in [0.1, 0.15) is 4.92 Å². The second kappa shape index (κ2) is 8.80. The summed E-state index contributed by atoms with van der Waals surface area (Å²) >= 11 is 0. The predicted octanol–water partition coefficient (Wildman–Crippen LogP) is 3.25. The van der Waals surface area contributed by atoms with Gasteiger partial charge in [-0.1, -0.05) is 44.2 Å². The van der Waals surface area contributed by atoms with E-state index < -0.39 is 29.3 Å². The number of ether oxygens (including phenoxy) is 1. The summed E-state index contributed by atoms with van der Waals surface area (Å²) in [5, 5.41) is 13.4. The van der Waals surface area contributed by atoms with E-state index in [2.05, 4.69) is 5.32 Å². The molecule has 26 heavy (non-hydrogen) atoms. The van der Waals surface area contributed by atoms with Crippen LogP contribution in [0, 0.1) is 16.0 Å². The molecule has 0 radical (unpaired) electrons. The van der Waals surface area contributed by atoms with E-state index >= 15 is 0 Å². The minimum atomic E-state index is -0.937. The molecule has 1 amide bonds. The van der Waals surface area contributed by atoms with Gasteiger partial charge in [-0.3, -0.25) is 14.9 Å². The van der Waals surface area contributed by atoms with E-state index in [0.717, 1.165) is 24.1 Å². The Hall–Kier alpha value is -3.16. The van der Waals surface area contributed by atoms with Crippen LogP contribution in [0.3, 0.4) is 0 Å². The molecular weight excluding hydrogens is 340 g/mol. The Morgan fingerprint density at radius 1 is 1.19 bits per heavy atom. The first-order valence-electron chi connectivity index (χ1n) is 8.12. The first kappa shape index (κ1) is 19.2. The topological polar surface area (TPSA) is 112 Å². The second-order valence-electron chi connectivity index (χ2n) is 6.13. The van der Waals surface area contributed by atoms with Gasteiger partial charge in [0.15, 0.2) is 6.61 Å². The van der Waals surface area contributed by atoms with E-state index in [-0.39, 0.29) is 11.8 Å². The average molecular weight is 360 g/mol. The molecule has 1 N–H and O–H groups in total. The highest BCUT2D eigenvalue weighted by atomic mass is 16.7. The Morgan fingerprint density at radius 3 is 2.46 bits per heavy atom. The largest absolute Gasteiger partial charge is 0.450 e. The lowest BCUT2D eigenvalue weighted by atomic mass is 9.97. The number of carbonyl (C=O) groups is 2. The molecule has 8 nitrogen and oxygen atoms in total. The Balaban J connectivity index is 1.93. The third-order valence-electron chi connectivity index (χ3n) is 3.55. The Morgan fingerprint density at radius 2 is 1.88 bits per heavy atom. The molecule has 1 atom stereocenters. The highest BCUT2D eigenvalue weighted by Gasteiger charge is 2.21. The fourth-order valence-electron chi connectivity index (χ4n) is 2.41. The molecule has 0 aliphatic carbocycles. The Labute approximate surface area is 150 Å². The van der Waals surface area contributed by atoms with Crippen molar-refractivity contribution in [1.29, 1.82) is 0 Å². The van der Waals surface area contributed by atoms with Crippen molar-refractivity contribution < 1.29 is 23.7 Å². The molecule has 0 spiro atoms. The van der Waals surface area contributed by atoms with Crippen LogP contribution in [0.5, 0.6) is 0 Å². The Kier molecular flexibility index (Phi) is 6.48. The molecule has 2 rings (SSSR count). The van der Waals surface area contributed by atoms with Gasteiger partial charge in [0.25, 0.3) is 5.91 Å². The summed E-state index contributed by atoms with van der Waals surface area (Å²) in [4.78, 5) is 33.7. The number of nitrogens with one attached hydrogen (secondary N) is 1. The van der Waals surface area contributed by atoms with Crippen molar-refractivity contribution in [2.24, 2.45) is 5.92 Å². The van der Waals surface area contributed by atoms with Crippen LogP contribution in [0.4, 0.5) is 5.88 Å². The maximum absolute atomic E-state index is 12.1. The number of amides is 1. The number of nitrogens with zero attached hydrogens (tertiary/aromatic N) is 1. The first-order valence-corrected chi connectivity index (χ1v) is 8.12. The summed E-state index contributed by atoms with van der Waals surface area (Å²) in [6, 6.07) is 11.5. The highest BCUT2D eigenvalue weighted by Crippen LogP contribution is 2.21. The van der Waals surface area contributed by atoms with Gasteiger partial charge in [0.2, 0.25) is 5.76 Å². The molecule has 2 aromatic rings. The summed E-state index contributed by atoms with van der Waals surface area (Å²) in [7, 11) is 0. The van der Waals surface area contributed by atoms with Crippen molar-refractivity contribution >= 4 is 17.8 Å². The van der Waals surface area contributed by atoms with Crippen LogP contribution >= 0.6 is 0 Å². The first-order chi connectivity index (χ1) is 12.4. The molecular formula is C18H20N2O6. The number of nitro groups is 1. The predicted molar refractivity (Wildman–Crippen MR) is 92.4 cm³/mol. The van der Waals surface area contributed by atoms with Crippen molar-refractivity contribution in [2.45, 2.75) is 26.3 Å². The van der Waals surface area contributed by atoms with Gasteiger partial charge in [0.05, 0.1) is 12.1 Å². The molecule has 1 aromatic carbocycles. The van der Waals surface area contributed by atoms with Gasteiger partial charge in [-0.05, 0) is 24.0 Å². The number of esters is 1. The van der Waals surface area contributed by atoms with Gasteiger partial charge in [-0.25, -0.2) is 4.79 Å². The van der Waals surface area contributed by atoms with Crippen LogP contribution < -0.4 is 5.32 Å². The standard InChI is InChI=1S/C18H20N2O6/c1-12(2)10-14(13-6-4-3-5-7-13)19-16(21)11-25-18(22)15-8-9-17(26-15)20(23)24/h3-9,12,14H,10-11H2,1-2H3,(H,19,21)/t14-/m0/s1. The number of carbonyl (C=O) groups excluding carboxylic acids is 2. The van der Waals surface area contributed by atoms with E-state index in [0.29, 0.717) is 5.92 Å². The molecule has 0 fully saturated rings. The fourth-order valence-corrected chi connectivity index (χ4v) is 2.41. The van der Waals surface area contributed by atoms with Gasteiger partial charge < -0.3 is 14.5 Å². The number of benzene rings is 1. The normalized spacial score (nSPS) is 11.8. The lowest BCUT2D eigenvalue weighted by Gasteiger charge is -2.21. The SMILES string of the molecule is CC(C)C[C@H](NC(=O)COC(=O)c1ccc([N+](=O)[O-])o1)c1ccccc1. The van der Waals surface area contributed by atoms with Crippen molar-refractivity contribution in [1.82, 2.24) is 5.32 Å². The van der Waals surface area contributed by atoms with Gasteiger partial charge in [-0.15, -0.1) is 0 Å². The zero-order chi connectivity index (χ0) is 19.1. The van der Waals surface area contributed by atoms with Crippen LogP contribution in [0.15, 0.2) is 46.9 Å². The number of furan rings is 1. The van der Waals surface area contributed by atoms with Crippen LogP contribution in [-0.2, 0) is 9.53 Å². The second-order valence-corrected chi connectivity index (χ2v) is 6.13. The van der Waals surface area contributed by atoms with Crippen LogP contribution in [0.25, 0.3) is 0 Å². The maximum atomic E-state index is 12.1. The quantitative estimate of drug-likeness (QED) is 0.439. The van der Waals surface area contributed by atoms with E-state index in [1.807, 2.05) is 44.2 Å². The zero-order valence-corrected chi connectivity index (χ0v) is 14.5. The minimum Gasteiger partial charge on any atom is -0.450 e. The number of hydrogen-bond donors (Lipinski definition) is 1. The van der Waals surface area contributed by atoms with Crippen molar-refractivity contribution in [3.63, 3.8) is 0 Å². The Bertz CT molecular complexity index is 769. The molecule has 1 aromatic heterocycles. The highest BCUT2D eigenvalue weighted by molar-refractivity contribution is 5.89. The molecule has 0 aliphatic heterocycles. The summed E-state index contributed by atoms with van der Waals surface area (Å²) in [6.45, 7) is 3.59. The summed E-state index contributed by atoms with van der Waals surface area (Å²) in [5.41, 5.74) is 0.961. The van der Waals surface area contributed by atoms with Crippen LogP contribution in [0.1, 0.15) is 42.4 Å². The fraction of sp³-hybridized carbons (Fsp3) is 0.333. The van der Waals surface area contributed by atoms with Gasteiger partial charge in [0, 0.05) is 0 Å². The molecule has 0 bridgehead atoms. The lowest BCUT2D eigenvalue weighted by Crippen LogP contribution is -2.33. The molecule has 0 unspecified atom stereocenters. The summed E-state index contributed by atoms with van der Waals surface area (Å²) in [6.07, 6.45) is 0.730. The maximum Gasteiger partial charge on any atom is 0.433 e. The molecule has 0 aliphatic rings. The van der Waals surface area contributed by atoms with Gasteiger partial charge >= 0.3 is 11.9 Å². The van der Waals surface area contributed by atoms with Crippen molar-refractivity contribution in [3.05, 3.63) is 63.9 Å². The van der Waals surface area contributed by atoms with Crippen LogP contribution in [0.2, 0.25) is 0 Å². The third-order valence-corrected chi connectivity index (χ3v) is 3.55. The molecule has 8 heteroatoms. The van der Waals surface area contributed by atoms with E-state index in [1.54, 1.807) is 0 Å². The van der Waals surface area contributed by atoms with E-state index in [4.69, 9.17) is 9.15 Å². The van der Waals surface area contributed by atoms with Gasteiger partial charge in [-0.2, -0.15) is 0 Å². The number of hydrogen-bond acceptors (Lipinski definition) is 6. The minimum absolute atomic E-state index is 0.202. The monoisotopic (exact) mass is 360 g/mol.